The zero-order valence-corrected chi connectivity index (χ0v) is 22.4. The number of hydrogen-bond donors (Lipinski definition) is 0. The zero-order valence-electron chi connectivity index (χ0n) is 20.8. The molecule has 0 saturated carbocycles. The fourth-order valence-corrected chi connectivity index (χ4v) is 6.46. The second kappa shape index (κ2) is 12.1. The Hall–Kier alpha value is -2.53. The maximum Gasteiger partial charge on any atom is 0.229 e. The number of thiazole rings is 1. The minimum Gasteiger partial charge on any atom is -0.497 e. The summed E-state index contributed by atoms with van der Waals surface area (Å²) in [6, 6.07) is 12.4. The van der Waals surface area contributed by atoms with E-state index in [1.165, 1.54) is 36.1 Å². The van der Waals surface area contributed by atoms with Crippen molar-refractivity contribution in [1.29, 1.82) is 0 Å². The Labute approximate surface area is 216 Å². The second-order valence-electron chi connectivity index (χ2n) is 8.75. The van der Waals surface area contributed by atoms with Crippen LogP contribution in [0.5, 0.6) is 5.75 Å². The maximum atomic E-state index is 13.4. The van der Waals surface area contributed by atoms with Crippen LogP contribution >= 0.6 is 11.3 Å². The molecule has 1 aromatic heterocycles. The first kappa shape index (κ1) is 26.5. The van der Waals surface area contributed by atoms with Gasteiger partial charge >= 0.3 is 0 Å². The van der Waals surface area contributed by atoms with Crippen molar-refractivity contribution < 1.29 is 22.7 Å². The van der Waals surface area contributed by atoms with E-state index in [-0.39, 0.29) is 23.0 Å². The Morgan fingerprint density at radius 2 is 1.92 bits per heavy atom. The number of hydrogen-bond acceptors (Lipinski definition) is 8. The summed E-state index contributed by atoms with van der Waals surface area (Å²) < 4.78 is 37.3. The van der Waals surface area contributed by atoms with Crippen LogP contribution in [0.2, 0.25) is 0 Å². The highest BCUT2D eigenvalue weighted by Crippen LogP contribution is 2.30. The Balaban J connectivity index is 1.49. The summed E-state index contributed by atoms with van der Waals surface area (Å²) in [6.45, 7) is 6.66. The number of fused-ring (bicyclic) bond motifs is 1. The SMILES string of the molecule is CCc1ccc2nc(N(CCCN3CCOCC3)C(=O)CCS(=O)(=O)c3ccc(OC)cc3)sc2c1. The lowest BCUT2D eigenvalue weighted by Gasteiger charge is -2.27. The number of anilines is 1. The molecule has 10 heteroatoms. The van der Waals surface area contributed by atoms with Gasteiger partial charge in [0.25, 0.3) is 0 Å². The first-order valence-corrected chi connectivity index (χ1v) is 14.7. The second-order valence-corrected chi connectivity index (χ2v) is 11.9. The van der Waals surface area contributed by atoms with Crippen molar-refractivity contribution in [3.05, 3.63) is 48.0 Å². The van der Waals surface area contributed by atoms with Crippen molar-refractivity contribution in [2.45, 2.75) is 31.1 Å². The third-order valence-electron chi connectivity index (χ3n) is 6.34. The minimum atomic E-state index is -3.61. The summed E-state index contributed by atoms with van der Waals surface area (Å²) in [5.41, 5.74) is 2.07. The van der Waals surface area contributed by atoms with Crippen LogP contribution in [0.3, 0.4) is 0 Å². The molecule has 1 aliphatic heterocycles. The van der Waals surface area contributed by atoms with Gasteiger partial charge < -0.3 is 9.47 Å². The van der Waals surface area contributed by atoms with E-state index >= 15 is 0 Å². The average Bonchev–Trinajstić information content (AvgIpc) is 3.33. The number of carbonyl (C=O) groups is 1. The van der Waals surface area contributed by atoms with Crippen LogP contribution in [-0.2, 0) is 25.8 Å². The third kappa shape index (κ3) is 6.61. The summed E-state index contributed by atoms with van der Waals surface area (Å²) in [5.74, 6) is 0.0885. The summed E-state index contributed by atoms with van der Waals surface area (Å²) in [5, 5.41) is 0.618. The quantitative estimate of drug-likeness (QED) is 0.372. The van der Waals surface area contributed by atoms with Crippen molar-refractivity contribution in [2.75, 3.05) is 57.2 Å². The van der Waals surface area contributed by atoms with Gasteiger partial charge in [-0.25, -0.2) is 13.4 Å². The highest BCUT2D eigenvalue weighted by atomic mass is 32.2. The fourth-order valence-electron chi connectivity index (χ4n) is 4.15. The van der Waals surface area contributed by atoms with E-state index in [1.54, 1.807) is 17.0 Å². The molecule has 0 radical (unpaired) electrons. The third-order valence-corrected chi connectivity index (χ3v) is 9.12. The number of aromatic nitrogens is 1. The van der Waals surface area contributed by atoms with Crippen molar-refractivity contribution in [2.24, 2.45) is 0 Å². The average molecular weight is 532 g/mol. The predicted molar refractivity (Wildman–Crippen MR) is 143 cm³/mol. The number of benzene rings is 2. The Kier molecular flexibility index (Phi) is 8.95. The number of amides is 1. The van der Waals surface area contributed by atoms with Gasteiger partial charge in [0.1, 0.15) is 5.75 Å². The molecule has 4 rings (SSSR count). The summed E-state index contributed by atoms with van der Waals surface area (Å²) in [7, 11) is -2.08. The van der Waals surface area contributed by atoms with Crippen LogP contribution in [0.4, 0.5) is 5.13 Å². The van der Waals surface area contributed by atoms with Gasteiger partial charge in [0.05, 0.1) is 41.2 Å². The lowest BCUT2D eigenvalue weighted by molar-refractivity contribution is -0.118. The topological polar surface area (TPSA) is 89.0 Å². The monoisotopic (exact) mass is 531 g/mol. The van der Waals surface area contributed by atoms with Crippen molar-refractivity contribution in [3.63, 3.8) is 0 Å². The number of morpholine rings is 1. The minimum absolute atomic E-state index is 0.109. The lowest BCUT2D eigenvalue weighted by atomic mass is 10.2. The van der Waals surface area contributed by atoms with E-state index in [9.17, 15) is 13.2 Å². The highest BCUT2D eigenvalue weighted by Gasteiger charge is 2.24. The molecule has 2 aromatic carbocycles. The lowest BCUT2D eigenvalue weighted by Crippen LogP contribution is -2.39. The number of sulfone groups is 1. The molecule has 194 valence electrons. The Bertz CT molecular complexity index is 1270. The Morgan fingerprint density at radius 3 is 2.61 bits per heavy atom. The molecular formula is C26H33N3O5S2. The molecule has 0 spiro atoms. The molecule has 1 saturated heterocycles. The molecule has 0 aliphatic carbocycles. The molecule has 1 fully saturated rings. The van der Waals surface area contributed by atoms with E-state index in [2.05, 4.69) is 24.0 Å². The van der Waals surface area contributed by atoms with E-state index in [1.807, 2.05) is 6.07 Å². The Morgan fingerprint density at radius 1 is 1.17 bits per heavy atom. The predicted octanol–water partition coefficient (Wildman–Crippen LogP) is 3.79. The van der Waals surface area contributed by atoms with Gasteiger partial charge in [-0.1, -0.05) is 24.3 Å². The van der Waals surface area contributed by atoms with E-state index in [0.717, 1.165) is 55.9 Å². The number of aryl methyl sites for hydroxylation is 1. The first-order valence-electron chi connectivity index (χ1n) is 12.3. The fraction of sp³-hybridized carbons (Fsp3) is 0.462. The van der Waals surface area contributed by atoms with Gasteiger partial charge in [-0.05, 0) is 54.8 Å². The van der Waals surface area contributed by atoms with Crippen LogP contribution in [0.1, 0.15) is 25.3 Å². The number of methoxy groups -OCH3 is 1. The van der Waals surface area contributed by atoms with Crippen molar-refractivity contribution in [1.82, 2.24) is 9.88 Å². The number of nitrogens with zero attached hydrogens (tertiary/aromatic N) is 3. The van der Waals surface area contributed by atoms with Crippen LogP contribution in [0.25, 0.3) is 10.2 Å². The largest absolute Gasteiger partial charge is 0.497 e. The van der Waals surface area contributed by atoms with Gasteiger partial charge in [-0.2, -0.15) is 0 Å². The smallest absolute Gasteiger partial charge is 0.229 e. The van der Waals surface area contributed by atoms with Gasteiger partial charge in [-0.3, -0.25) is 14.6 Å². The molecule has 1 amide bonds. The van der Waals surface area contributed by atoms with Gasteiger partial charge in [0.15, 0.2) is 15.0 Å². The maximum absolute atomic E-state index is 13.4. The molecule has 3 aromatic rings. The molecule has 0 unspecified atom stereocenters. The van der Waals surface area contributed by atoms with E-state index in [0.29, 0.717) is 17.4 Å². The number of carbonyl (C=O) groups excluding carboxylic acids is 1. The molecular weight excluding hydrogens is 498 g/mol. The zero-order chi connectivity index (χ0) is 25.5. The van der Waals surface area contributed by atoms with Gasteiger partial charge in [-0.15, -0.1) is 0 Å². The molecule has 0 atom stereocenters. The normalized spacial score (nSPS) is 14.7. The summed E-state index contributed by atoms with van der Waals surface area (Å²) >= 11 is 1.48. The summed E-state index contributed by atoms with van der Waals surface area (Å²) in [4.78, 5) is 22.3. The number of ether oxygens (including phenoxy) is 2. The first-order chi connectivity index (χ1) is 17.4. The molecule has 8 nitrogen and oxygen atoms in total. The van der Waals surface area contributed by atoms with Gasteiger partial charge in [0, 0.05) is 32.6 Å². The van der Waals surface area contributed by atoms with Crippen LogP contribution in [0, 0.1) is 0 Å². The van der Waals surface area contributed by atoms with Crippen molar-refractivity contribution >= 4 is 42.4 Å². The van der Waals surface area contributed by atoms with E-state index < -0.39 is 9.84 Å². The standard InChI is InChI=1S/C26H33N3O5S2/c1-3-20-5-10-23-24(19-20)35-26(27-23)29(13-4-12-28-14-16-34-17-15-28)25(30)11-18-36(31,32)22-8-6-21(33-2)7-9-22/h5-10,19H,3-4,11-18H2,1-2H3. The molecule has 36 heavy (non-hydrogen) atoms. The van der Waals surface area contributed by atoms with E-state index in [4.69, 9.17) is 14.5 Å². The van der Waals surface area contributed by atoms with Crippen LogP contribution in [0.15, 0.2) is 47.4 Å². The summed E-state index contributed by atoms with van der Waals surface area (Å²) in [6.07, 6.45) is 1.59. The number of rotatable bonds is 11. The van der Waals surface area contributed by atoms with Gasteiger partial charge in [0.2, 0.25) is 5.91 Å². The molecule has 0 bridgehead atoms. The molecule has 1 aliphatic rings. The van der Waals surface area contributed by atoms with Crippen molar-refractivity contribution in [3.8, 4) is 5.75 Å². The van der Waals surface area contributed by atoms with Crippen LogP contribution in [-0.4, -0.2) is 76.5 Å². The van der Waals surface area contributed by atoms with Crippen LogP contribution < -0.4 is 9.64 Å². The highest BCUT2D eigenvalue weighted by molar-refractivity contribution is 7.91. The molecule has 2 heterocycles. The molecule has 0 N–H and O–H groups in total.